The normalized spacial score (nSPS) is 10.3. The predicted octanol–water partition coefficient (Wildman–Crippen LogP) is 4.33. The van der Waals surface area contributed by atoms with E-state index in [0.29, 0.717) is 40.9 Å². The van der Waals surface area contributed by atoms with E-state index in [9.17, 15) is 9.59 Å². The van der Waals surface area contributed by atoms with Gasteiger partial charge in [-0.3, -0.25) is 20.4 Å². The van der Waals surface area contributed by atoms with Gasteiger partial charge in [-0.15, -0.1) is 0 Å². The summed E-state index contributed by atoms with van der Waals surface area (Å²) in [6, 6.07) is 19.5. The Labute approximate surface area is 197 Å². The summed E-state index contributed by atoms with van der Waals surface area (Å²) in [6.45, 7) is 0.355. The van der Waals surface area contributed by atoms with Crippen molar-refractivity contribution in [1.29, 1.82) is 0 Å². The molecule has 3 rings (SSSR count). The molecule has 0 fully saturated rings. The molecule has 0 radical (unpaired) electrons. The summed E-state index contributed by atoms with van der Waals surface area (Å²) in [5.41, 5.74) is 7.03. The van der Waals surface area contributed by atoms with Crippen LogP contribution >= 0.6 is 11.6 Å². The number of carbonyl (C=O) groups is 2. The van der Waals surface area contributed by atoms with Gasteiger partial charge in [0, 0.05) is 17.0 Å². The first-order valence-electron chi connectivity index (χ1n) is 10.3. The largest absolute Gasteiger partial charge is 0.493 e. The minimum absolute atomic E-state index is 0.171. The van der Waals surface area contributed by atoms with Gasteiger partial charge in [0.15, 0.2) is 11.5 Å². The van der Waals surface area contributed by atoms with Crippen molar-refractivity contribution >= 4 is 23.4 Å². The summed E-state index contributed by atoms with van der Waals surface area (Å²) in [7, 11) is 3.11. The van der Waals surface area contributed by atoms with E-state index >= 15 is 0 Å². The predicted molar refractivity (Wildman–Crippen MR) is 126 cm³/mol. The maximum atomic E-state index is 12.3. The first kappa shape index (κ1) is 23.9. The van der Waals surface area contributed by atoms with E-state index < -0.39 is 5.91 Å². The maximum Gasteiger partial charge on any atom is 0.269 e. The molecule has 0 bridgehead atoms. The van der Waals surface area contributed by atoms with Crippen molar-refractivity contribution < 1.29 is 23.8 Å². The SMILES string of the molecule is COc1cccc(CCC(=O)NNC(=O)c2ccc(COc3ccc(Cl)cc3)cc2)c1OC. The number of benzene rings is 3. The van der Waals surface area contributed by atoms with Crippen molar-refractivity contribution in [2.45, 2.75) is 19.4 Å². The smallest absolute Gasteiger partial charge is 0.269 e. The molecule has 0 saturated heterocycles. The van der Waals surface area contributed by atoms with Gasteiger partial charge in [0.05, 0.1) is 14.2 Å². The van der Waals surface area contributed by atoms with Gasteiger partial charge >= 0.3 is 0 Å². The summed E-state index contributed by atoms with van der Waals surface area (Å²) in [4.78, 5) is 24.5. The van der Waals surface area contributed by atoms with Crippen LogP contribution in [0.15, 0.2) is 66.7 Å². The van der Waals surface area contributed by atoms with Crippen LogP contribution in [0.25, 0.3) is 0 Å². The minimum atomic E-state index is -0.410. The summed E-state index contributed by atoms with van der Waals surface area (Å²) in [5, 5.41) is 0.643. The standard InChI is InChI=1S/C25H25ClN2O5/c1-31-22-5-3-4-18(24(22)32-2)10-15-23(29)27-28-25(30)19-8-6-17(7-9-19)16-33-21-13-11-20(26)12-14-21/h3-9,11-14H,10,15-16H2,1-2H3,(H,27,29)(H,28,30). The molecular formula is C25H25ClN2O5. The Bertz CT molecular complexity index is 1080. The highest BCUT2D eigenvalue weighted by atomic mass is 35.5. The van der Waals surface area contributed by atoms with Gasteiger partial charge in [-0.25, -0.2) is 0 Å². The molecule has 2 N–H and O–H groups in total. The number of rotatable bonds is 9. The third-order valence-electron chi connectivity index (χ3n) is 4.86. The molecule has 33 heavy (non-hydrogen) atoms. The molecule has 172 valence electrons. The van der Waals surface area contributed by atoms with E-state index in [2.05, 4.69) is 10.9 Å². The van der Waals surface area contributed by atoms with Gasteiger partial charge in [-0.1, -0.05) is 35.9 Å². The summed E-state index contributed by atoms with van der Waals surface area (Å²) >= 11 is 5.86. The van der Waals surface area contributed by atoms with Gasteiger partial charge < -0.3 is 14.2 Å². The Hall–Kier alpha value is -3.71. The van der Waals surface area contributed by atoms with Gasteiger partial charge in [-0.05, 0) is 60.0 Å². The zero-order chi connectivity index (χ0) is 23.6. The van der Waals surface area contributed by atoms with E-state index in [1.165, 1.54) is 0 Å². The number of amides is 2. The van der Waals surface area contributed by atoms with E-state index in [1.54, 1.807) is 68.8 Å². The van der Waals surface area contributed by atoms with E-state index in [-0.39, 0.29) is 12.3 Å². The Morgan fingerprint density at radius 3 is 2.27 bits per heavy atom. The van der Waals surface area contributed by atoms with Gasteiger partial charge in [0.25, 0.3) is 5.91 Å². The van der Waals surface area contributed by atoms with Crippen LogP contribution in [0.5, 0.6) is 17.2 Å². The third kappa shape index (κ3) is 6.89. The molecule has 0 spiro atoms. The molecule has 0 aromatic heterocycles. The average Bonchev–Trinajstić information content (AvgIpc) is 2.85. The van der Waals surface area contributed by atoms with Crippen LogP contribution in [-0.2, 0) is 17.8 Å². The number of methoxy groups -OCH3 is 2. The lowest BCUT2D eigenvalue weighted by Crippen LogP contribution is -2.41. The van der Waals surface area contributed by atoms with Gasteiger partial charge in [0.1, 0.15) is 12.4 Å². The average molecular weight is 469 g/mol. The number of para-hydroxylation sites is 1. The van der Waals surface area contributed by atoms with Gasteiger partial charge in [-0.2, -0.15) is 0 Å². The van der Waals surface area contributed by atoms with Crippen molar-refractivity contribution in [3.63, 3.8) is 0 Å². The van der Waals surface area contributed by atoms with Crippen molar-refractivity contribution in [3.05, 3.63) is 88.4 Å². The highest BCUT2D eigenvalue weighted by Gasteiger charge is 2.12. The minimum Gasteiger partial charge on any atom is -0.493 e. The molecule has 0 aliphatic rings. The monoisotopic (exact) mass is 468 g/mol. The fraction of sp³-hybridized carbons (Fsp3) is 0.200. The van der Waals surface area contributed by atoms with Crippen molar-refractivity contribution in [1.82, 2.24) is 10.9 Å². The molecule has 0 heterocycles. The number of hydrogen-bond donors (Lipinski definition) is 2. The summed E-state index contributed by atoms with van der Waals surface area (Å²) < 4.78 is 16.3. The number of ether oxygens (including phenoxy) is 3. The molecule has 8 heteroatoms. The molecule has 7 nitrogen and oxygen atoms in total. The summed E-state index contributed by atoms with van der Waals surface area (Å²) in [5.74, 6) is 1.17. The zero-order valence-electron chi connectivity index (χ0n) is 18.4. The van der Waals surface area contributed by atoms with Crippen molar-refractivity contribution in [2.24, 2.45) is 0 Å². The van der Waals surface area contributed by atoms with Crippen LogP contribution in [0.1, 0.15) is 27.9 Å². The van der Waals surface area contributed by atoms with Crippen LogP contribution < -0.4 is 25.1 Å². The van der Waals surface area contributed by atoms with Gasteiger partial charge in [0.2, 0.25) is 5.91 Å². The quantitative estimate of drug-likeness (QED) is 0.456. The van der Waals surface area contributed by atoms with Crippen molar-refractivity contribution in [2.75, 3.05) is 14.2 Å². The molecule has 0 unspecified atom stereocenters. The number of nitrogens with one attached hydrogen (secondary N) is 2. The lowest BCUT2D eigenvalue weighted by molar-refractivity contribution is -0.121. The molecular weight excluding hydrogens is 444 g/mol. The second kappa shape index (κ2) is 11.8. The number of halogens is 1. The molecule has 2 amide bonds. The van der Waals surface area contributed by atoms with Crippen molar-refractivity contribution in [3.8, 4) is 17.2 Å². The molecule has 0 aliphatic heterocycles. The Balaban J connectivity index is 1.45. The first-order valence-corrected chi connectivity index (χ1v) is 10.6. The first-order chi connectivity index (χ1) is 16.0. The number of hydrogen-bond acceptors (Lipinski definition) is 5. The fourth-order valence-electron chi connectivity index (χ4n) is 3.11. The second-order valence-corrected chi connectivity index (χ2v) is 7.53. The summed E-state index contributed by atoms with van der Waals surface area (Å²) in [6.07, 6.45) is 0.606. The molecule has 3 aromatic carbocycles. The van der Waals surface area contributed by atoms with Crippen LogP contribution in [0, 0.1) is 0 Å². The lowest BCUT2D eigenvalue weighted by atomic mass is 10.1. The third-order valence-corrected chi connectivity index (χ3v) is 5.11. The highest BCUT2D eigenvalue weighted by molar-refractivity contribution is 6.30. The van der Waals surface area contributed by atoms with Crippen LogP contribution in [-0.4, -0.2) is 26.0 Å². The van der Waals surface area contributed by atoms with E-state index in [4.69, 9.17) is 25.8 Å². The lowest BCUT2D eigenvalue weighted by Gasteiger charge is -2.12. The van der Waals surface area contributed by atoms with Crippen LogP contribution in [0.3, 0.4) is 0 Å². The van der Waals surface area contributed by atoms with E-state index in [1.807, 2.05) is 12.1 Å². The Kier molecular flexibility index (Phi) is 8.55. The highest BCUT2D eigenvalue weighted by Crippen LogP contribution is 2.31. The number of hydrazine groups is 1. The maximum absolute atomic E-state index is 12.3. The van der Waals surface area contributed by atoms with Crippen LogP contribution in [0.4, 0.5) is 0 Å². The molecule has 0 atom stereocenters. The molecule has 0 saturated carbocycles. The Morgan fingerprint density at radius 2 is 1.61 bits per heavy atom. The zero-order valence-corrected chi connectivity index (χ0v) is 19.1. The fourth-order valence-corrected chi connectivity index (χ4v) is 3.24. The second-order valence-electron chi connectivity index (χ2n) is 7.09. The van der Waals surface area contributed by atoms with E-state index in [0.717, 1.165) is 11.1 Å². The van der Waals surface area contributed by atoms with Crippen LogP contribution in [0.2, 0.25) is 5.02 Å². The Morgan fingerprint density at radius 1 is 0.879 bits per heavy atom. The topological polar surface area (TPSA) is 85.9 Å². The number of carbonyl (C=O) groups excluding carboxylic acids is 2. The number of aryl methyl sites for hydroxylation is 1. The molecule has 3 aromatic rings. The molecule has 0 aliphatic carbocycles.